The number of nitrogens with one attached hydrogen (secondary N) is 1. The Bertz CT molecular complexity index is 268. The van der Waals surface area contributed by atoms with Gasteiger partial charge in [0.15, 0.2) is 0 Å². The van der Waals surface area contributed by atoms with Crippen LogP contribution in [0.1, 0.15) is 51.4 Å². The quantitative estimate of drug-likeness (QED) is 0.300. The minimum atomic E-state index is 0.167. The van der Waals surface area contributed by atoms with Crippen LogP contribution in [0.5, 0.6) is 0 Å². The number of nitrogens with zero attached hydrogens (tertiary/aromatic N) is 3. The van der Waals surface area contributed by atoms with Gasteiger partial charge in [-0.25, -0.2) is 0 Å². The first-order chi connectivity index (χ1) is 8.33. The van der Waals surface area contributed by atoms with Crippen molar-refractivity contribution < 1.29 is 4.79 Å². The van der Waals surface area contributed by atoms with Crippen molar-refractivity contribution in [3.05, 3.63) is 10.4 Å². The van der Waals surface area contributed by atoms with E-state index in [1.54, 1.807) is 0 Å². The Balaban J connectivity index is 1.91. The third-order valence-corrected chi connectivity index (χ3v) is 3.32. The molecule has 1 aliphatic rings. The number of carbonyl (C=O) groups is 1. The molecule has 0 aromatic rings. The molecule has 0 aliphatic heterocycles. The predicted molar refractivity (Wildman–Crippen MR) is 67.4 cm³/mol. The Morgan fingerprint density at radius 2 is 2.12 bits per heavy atom. The second kappa shape index (κ2) is 8.88. The second-order valence-electron chi connectivity index (χ2n) is 4.70. The SMILES string of the molecule is [N-]=[N+]=NCCCCNC(=O)CCC1CCCC1. The molecule has 0 radical (unpaired) electrons. The van der Waals surface area contributed by atoms with Crippen LogP contribution in [0.2, 0.25) is 0 Å². The maximum Gasteiger partial charge on any atom is 0.220 e. The van der Waals surface area contributed by atoms with Gasteiger partial charge in [-0.1, -0.05) is 30.8 Å². The molecule has 0 spiro atoms. The van der Waals surface area contributed by atoms with Gasteiger partial charge in [0.1, 0.15) is 0 Å². The molecule has 0 aromatic heterocycles. The normalized spacial score (nSPS) is 15.5. The van der Waals surface area contributed by atoms with Gasteiger partial charge < -0.3 is 5.32 Å². The molecule has 1 fully saturated rings. The van der Waals surface area contributed by atoms with Gasteiger partial charge in [0.2, 0.25) is 5.91 Å². The van der Waals surface area contributed by atoms with Crippen LogP contribution in [-0.4, -0.2) is 19.0 Å². The summed E-state index contributed by atoms with van der Waals surface area (Å²) in [5.74, 6) is 0.950. The molecule has 0 saturated heterocycles. The molecule has 0 aromatic carbocycles. The van der Waals surface area contributed by atoms with E-state index in [2.05, 4.69) is 15.3 Å². The zero-order chi connectivity index (χ0) is 12.3. The van der Waals surface area contributed by atoms with E-state index in [9.17, 15) is 4.79 Å². The van der Waals surface area contributed by atoms with E-state index < -0.39 is 0 Å². The van der Waals surface area contributed by atoms with E-state index in [4.69, 9.17) is 5.53 Å². The van der Waals surface area contributed by atoms with Crippen molar-refractivity contribution in [3.63, 3.8) is 0 Å². The molecule has 1 saturated carbocycles. The van der Waals surface area contributed by atoms with Crippen molar-refractivity contribution in [2.75, 3.05) is 13.1 Å². The number of unbranched alkanes of at least 4 members (excludes halogenated alkanes) is 1. The second-order valence-corrected chi connectivity index (χ2v) is 4.70. The van der Waals surface area contributed by atoms with Crippen LogP contribution in [-0.2, 0) is 4.79 Å². The van der Waals surface area contributed by atoms with E-state index in [-0.39, 0.29) is 5.91 Å². The Morgan fingerprint density at radius 3 is 2.82 bits per heavy atom. The molecular formula is C12H22N4O. The summed E-state index contributed by atoms with van der Waals surface area (Å²) in [6.45, 7) is 1.22. The van der Waals surface area contributed by atoms with Gasteiger partial charge in [-0.3, -0.25) is 4.79 Å². The van der Waals surface area contributed by atoms with E-state index in [1.807, 2.05) is 0 Å². The molecule has 1 aliphatic carbocycles. The molecule has 1 N–H and O–H groups in total. The van der Waals surface area contributed by atoms with Crippen molar-refractivity contribution in [3.8, 4) is 0 Å². The topological polar surface area (TPSA) is 77.9 Å². The van der Waals surface area contributed by atoms with Gasteiger partial charge in [0.25, 0.3) is 0 Å². The highest BCUT2D eigenvalue weighted by molar-refractivity contribution is 5.75. The lowest BCUT2D eigenvalue weighted by Crippen LogP contribution is -2.24. The highest BCUT2D eigenvalue weighted by Crippen LogP contribution is 2.28. The third-order valence-electron chi connectivity index (χ3n) is 3.32. The number of amides is 1. The fourth-order valence-corrected chi connectivity index (χ4v) is 2.30. The van der Waals surface area contributed by atoms with Crippen LogP contribution in [0.25, 0.3) is 10.4 Å². The molecule has 0 heterocycles. The first-order valence-electron chi connectivity index (χ1n) is 6.60. The smallest absolute Gasteiger partial charge is 0.220 e. The maximum atomic E-state index is 11.5. The number of azide groups is 1. The summed E-state index contributed by atoms with van der Waals surface area (Å²) in [6, 6.07) is 0. The molecule has 5 heteroatoms. The first kappa shape index (κ1) is 13.8. The summed E-state index contributed by atoms with van der Waals surface area (Å²) < 4.78 is 0. The molecule has 0 atom stereocenters. The van der Waals surface area contributed by atoms with E-state index in [1.165, 1.54) is 25.7 Å². The lowest BCUT2D eigenvalue weighted by Gasteiger charge is -2.08. The first-order valence-corrected chi connectivity index (χ1v) is 6.60. The van der Waals surface area contributed by atoms with Crippen molar-refractivity contribution in [2.45, 2.75) is 51.4 Å². The molecule has 1 rings (SSSR count). The van der Waals surface area contributed by atoms with Gasteiger partial charge in [0.05, 0.1) is 0 Å². The molecule has 17 heavy (non-hydrogen) atoms. The zero-order valence-electron chi connectivity index (χ0n) is 10.4. The fourth-order valence-electron chi connectivity index (χ4n) is 2.30. The van der Waals surface area contributed by atoms with Crippen LogP contribution < -0.4 is 5.32 Å². The maximum absolute atomic E-state index is 11.5. The summed E-state index contributed by atoms with van der Waals surface area (Å²) >= 11 is 0. The lowest BCUT2D eigenvalue weighted by molar-refractivity contribution is -0.121. The third kappa shape index (κ3) is 6.84. The summed E-state index contributed by atoms with van der Waals surface area (Å²) in [4.78, 5) is 14.2. The Kier molecular flexibility index (Phi) is 7.23. The molecule has 0 bridgehead atoms. The van der Waals surface area contributed by atoms with Crippen LogP contribution in [0.3, 0.4) is 0 Å². The lowest BCUT2D eigenvalue weighted by atomic mass is 10.0. The number of hydrogen-bond donors (Lipinski definition) is 1. The number of rotatable bonds is 8. The highest BCUT2D eigenvalue weighted by atomic mass is 16.1. The Morgan fingerprint density at radius 1 is 1.35 bits per heavy atom. The van der Waals surface area contributed by atoms with Gasteiger partial charge >= 0.3 is 0 Å². The van der Waals surface area contributed by atoms with Crippen molar-refractivity contribution in [2.24, 2.45) is 11.0 Å². The number of hydrogen-bond acceptors (Lipinski definition) is 2. The van der Waals surface area contributed by atoms with Crippen molar-refractivity contribution in [1.82, 2.24) is 5.32 Å². The van der Waals surface area contributed by atoms with E-state index in [0.29, 0.717) is 19.5 Å². The number of carbonyl (C=O) groups excluding carboxylic acids is 1. The summed E-state index contributed by atoms with van der Waals surface area (Å²) in [7, 11) is 0. The summed E-state index contributed by atoms with van der Waals surface area (Å²) in [5, 5.41) is 6.35. The Hall–Kier alpha value is -1.22. The van der Waals surface area contributed by atoms with Gasteiger partial charge in [-0.15, -0.1) is 0 Å². The molecule has 96 valence electrons. The predicted octanol–water partition coefficient (Wildman–Crippen LogP) is 3.16. The molecule has 5 nitrogen and oxygen atoms in total. The molecule has 0 unspecified atom stereocenters. The summed E-state index contributed by atoms with van der Waals surface area (Å²) in [5.41, 5.74) is 8.07. The molecular weight excluding hydrogens is 216 g/mol. The monoisotopic (exact) mass is 238 g/mol. The minimum absolute atomic E-state index is 0.167. The van der Waals surface area contributed by atoms with Crippen molar-refractivity contribution >= 4 is 5.91 Å². The molecule has 1 amide bonds. The van der Waals surface area contributed by atoms with Gasteiger partial charge in [-0.2, -0.15) is 0 Å². The Labute approximate surface area is 103 Å². The zero-order valence-corrected chi connectivity index (χ0v) is 10.4. The van der Waals surface area contributed by atoms with Crippen LogP contribution in [0, 0.1) is 5.92 Å². The van der Waals surface area contributed by atoms with Gasteiger partial charge in [-0.05, 0) is 30.7 Å². The van der Waals surface area contributed by atoms with Crippen LogP contribution >= 0.6 is 0 Å². The highest BCUT2D eigenvalue weighted by Gasteiger charge is 2.15. The average Bonchev–Trinajstić information content (AvgIpc) is 2.84. The van der Waals surface area contributed by atoms with Crippen molar-refractivity contribution in [1.29, 1.82) is 0 Å². The van der Waals surface area contributed by atoms with Crippen LogP contribution in [0.15, 0.2) is 5.11 Å². The van der Waals surface area contributed by atoms with E-state index in [0.717, 1.165) is 25.2 Å². The average molecular weight is 238 g/mol. The fraction of sp³-hybridized carbons (Fsp3) is 0.917. The minimum Gasteiger partial charge on any atom is -0.356 e. The van der Waals surface area contributed by atoms with E-state index >= 15 is 0 Å². The van der Waals surface area contributed by atoms with Gasteiger partial charge in [0, 0.05) is 24.4 Å². The summed E-state index contributed by atoms with van der Waals surface area (Å²) in [6.07, 6.45) is 8.73. The standard InChI is InChI=1S/C12H22N4O/c13-16-15-10-4-3-9-14-12(17)8-7-11-5-1-2-6-11/h11H,1-10H2,(H,14,17). The largest absolute Gasteiger partial charge is 0.356 e. The van der Waals surface area contributed by atoms with Crippen LogP contribution in [0.4, 0.5) is 0 Å².